The summed E-state index contributed by atoms with van der Waals surface area (Å²) in [6, 6.07) is 0. The maximum atomic E-state index is 11.1. The Balaban J connectivity index is 1.93. The first-order chi connectivity index (χ1) is 6.14. The number of rotatable bonds is 4. The van der Waals surface area contributed by atoms with E-state index >= 15 is 0 Å². The summed E-state index contributed by atoms with van der Waals surface area (Å²) in [7, 11) is 0. The van der Waals surface area contributed by atoms with E-state index in [-0.39, 0.29) is 5.41 Å². The van der Waals surface area contributed by atoms with Gasteiger partial charge in [-0.05, 0) is 43.9 Å². The van der Waals surface area contributed by atoms with E-state index in [4.69, 9.17) is 5.11 Å². The largest absolute Gasteiger partial charge is 0.481 e. The van der Waals surface area contributed by atoms with Crippen LogP contribution in [0.4, 0.5) is 0 Å². The standard InChI is InChI=1S/C11H18O2/c1-8(9-3-4-9)7-11(10(12)13)5-2-6-11/h8-9H,2-7H2,1H3,(H,12,13). The van der Waals surface area contributed by atoms with Crippen LogP contribution >= 0.6 is 0 Å². The second-order valence-electron chi connectivity index (χ2n) is 4.96. The van der Waals surface area contributed by atoms with Crippen LogP contribution in [-0.2, 0) is 4.79 Å². The van der Waals surface area contributed by atoms with Crippen LogP contribution in [0.15, 0.2) is 0 Å². The molecule has 2 aliphatic rings. The highest BCUT2D eigenvalue weighted by Gasteiger charge is 2.46. The number of carbonyl (C=O) groups is 1. The predicted molar refractivity (Wildman–Crippen MR) is 50.4 cm³/mol. The lowest BCUT2D eigenvalue weighted by atomic mass is 9.64. The average molecular weight is 182 g/mol. The van der Waals surface area contributed by atoms with E-state index in [1.807, 2.05) is 0 Å². The van der Waals surface area contributed by atoms with Crippen molar-refractivity contribution in [2.75, 3.05) is 0 Å². The van der Waals surface area contributed by atoms with Crippen molar-refractivity contribution in [2.24, 2.45) is 17.3 Å². The molecule has 0 heterocycles. The van der Waals surface area contributed by atoms with Gasteiger partial charge in [-0.1, -0.05) is 13.3 Å². The Morgan fingerprint density at radius 2 is 2.15 bits per heavy atom. The van der Waals surface area contributed by atoms with Gasteiger partial charge in [0.1, 0.15) is 0 Å². The first-order valence-electron chi connectivity index (χ1n) is 5.37. The summed E-state index contributed by atoms with van der Waals surface area (Å²) in [5.41, 5.74) is -0.317. The van der Waals surface area contributed by atoms with Gasteiger partial charge in [-0.3, -0.25) is 4.79 Å². The van der Waals surface area contributed by atoms with Gasteiger partial charge in [-0.15, -0.1) is 0 Å². The van der Waals surface area contributed by atoms with Gasteiger partial charge in [0.25, 0.3) is 0 Å². The Labute approximate surface area is 79.3 Å². The van der Waals surface area contributed by atoms with Crippen molar-refractivity contribution in [3.63, 3.8) is 0 Å². The van der Waals surface area contributed by atoms with E-state index in [1.165, 1.54) is 12.8 Å². The second-order valence-corrected chi connectivity index (χ2v) is 4.96. The van der Waals surface area contributed by atoms with Crippen molar-refractivity contribution in [1.29, 1.82) is 0 Å². The number of carboxylic acid groups (broad SMARTS) is 1. The van der Waals surface area contributed by atoms with E-state index < -0.39 is 5.97 Å². The van der Waals surface area contributed by atoms with E-state index in [0.29, 0.717) is 5.92 Å². The summed E-state index contributed by atoms with van der Waals surface area (Å²) in [4.78, 5) is 11.1. The first kappa shape index (κ1) is 9.04. The Morgan fingerprint density at radius 1 is 1.54 bits per heavy atom. The van der Waals surface area contributed by atoms with Crippen molar-refractivity contribution < 1.29 is 9.90 Å². The van der Waals surface area contributed by atoms with Crippen LogP contribution in [0.3, 0.4) is 0 Å². The van der Waals surface area contributed by atoms with Gasteiger partial charge >= 0.3 is 5.97 Å². The summed E-state index contributed by atoms with van der Waals surface area (Å²) in [6.45, 7) is 2.22. The monoisotopic (exact) mass is 182 g/mol. The number of hydrogen-bond acceptors (Lipinski definition) is 1. The Hall–Kier alpha value is -0.530. The molecule has 2 fully saturated rings. The molecule has 2 aliphatic carbocycles. The van der Waals surface area contributed by atoms with Gasteiger partial charge in [-0.2, -0.15) is 0 Å². The Bertz CT molecular complexity index is 214. The SMILES string of the molecule is CC(CC1(C(=O)O)CCC1)C1CC1. The Morgan fingerprint density at radius 3 is 2.46 bits per heavy atom. The topological polar surface area (TPSA) is 37.3 Å². The zero-order valence-corrected chi connectivity index (χ0v) is 8.25. The lowest BCUT2D eigenvalue weighted by Crippen LogP contribution is -2.39. The molecule has 0 aromatic rings. The zero-order valence-electron chi connectivity index (χ0n) is 8.25. The molecule has 0 spiro atoms. The molecule has 74 valence electrons. The third kappa shape index (κ3) is 1.59. The summed E-state index contributed by atoms with van der Waals surface area (Å²) in [6.07, 6.45) is 6.53. The van der Waals surface area contributed by atoms with Crippen LogP contribution in [-0.4, -0.2) is 11.1 Å². The second kappa shape index (κ2) is 3.00. The van der Waals surface area contributed by atoms with Gasteiger partial charge in [0.15, 0.2) is 0 Å². The maximum Gasteiger partial charge on any atom is 0.309 e. The lowest BCUT2D eigenvalue weighted by Gasteiger charge is -2.39. The quantitative estimate of drug-likeness (QED) is 0.725. The molecule has 0 bridgehead atoms. The summed E-state index contributed by atoms with van der Waals surface area (Å²) in [5.74, 6) is 0.930. The molecule has 0 amide bonds. The summed E-state index contributed by atoms with van der Waals surface area (Å²) >= 11 is 0. The highest BCUT2D eigenvalue weighted by Crippen LogP contribution is 2.50. The molecule has 13 heavy (non-hydrogen) atoms. The van der Waals surface area contributed by atoms with Crippen molar-refractivity contribution in [1.82, 2.24) is 0 Å². The van der Waals surface area contributed by atoms with E-state index in [0.717, 1.165) is 31.6 Å². The highest BCUT2D eigenvalue weighted by atomic mass is 16.4. The van der Waals surface area contributed by atoms with Crippen LogP contribution < -0.4 is 0 Å². The smallest absolute Gasteiger partial charge is 0.309 e. The molecular weight excluding hydrogens is 164 g/mol. The molecule has 2 nitrogen and oxygen atoms in total. The van der Waals surface area contributed by atoms with Crippen LogP contribution in [0.5, 0.6) is 0 Å². The molecule has 0 radical (unpaired) electrons. The molecular formula is C11H18O2. The minimum atomic E-state index is -0.550. The van der Waals surface area contributed by atoms with Crippen molar-refractivity contribution in [2.45, 2.75) is 45.4 Å². The van der Waals surface area contributed by atoms with Gasteiger partial charge in [0.05, 0.1) is 5.41 Å². The van der Waals surface area contributed by atoms with Crippen molar-refractivity contribution in [3.8, 4) is 0 Å². The third-order valence-corrected chi connectivity index (χ3v) is 3.90. The van der Waals surface area contributed by atoms with E-state index in [1.54, 1.807) is 0 Å². The fourth-order valence-corrected chi connectivity index (χ4v) is 2.56. The van der Waals surface area contributed by atoms with Gasteiger partial charge in [0, 0.05) is 0 Å². The van der Waals surface area contributed by atoms with Gasteiger partial charge < -0.3 is 5.11 Å². The molecule has 0 aromatic heterocycles. The zero-order chi connectivity index (χ0) is 9.47. The molecule has 2 heteroatoms. The van der Waals surface area contributed by atoms with Crippen LogP contribution in [0.2, 0.25) is 0 Å². The third-order valence-electron chi connectivity index (χ3n) is 3.90. The van der Waals surface area contributed by atoms with Gasteiger partial charge in [-0.25, -0.2) is 0 Å². The molecule has 0 saturated heterocycles. The molecule has 2 saturated carbocycles. The maximum absolute atomic E-state index is 11.1. The van der Waals surface area contributed by atoms with Crippen molar-refractivity contribution in [3.05, 3.63) is 0 Å². The number of hydrogen-bond donors (Lipinski definition) is 1. The van der Waals surface area contributed by atoms with Crippen LogP contribution in [0.1, 0.15) is 45.4 Å². The van der Waals surface area contributed by atoms with Crippen LogP contribution in [0, 0.1) is 17.3 Å². The average Bonchev–Trinajstić information content (AvgIpc) is 2.76. The predicted octanol–water partition coefficient (Wildman–Crippen LogP) is 2.68. The lowest BCUT2D eigenvalue weighted by molar-refractivity contribution is -0.156. The van der Waals surface area contributed by atoms with E-state index in [2.05, 4.69) is 6.92 Å². The molecule has 1 unspecified atom stereocenters. The van der Waals surface area contributed by atoms with Crippen molar-refractivity contribution >= 4 is 5.97 Å². The Kier molecular flexibility index (Phi) is 2.09. The minimum Gasteiger partial charge on any atom is -0.481 e. The molecule has 0 aromatic carbocycles. The summed E-state index contributed by atoms with van der Waals surface area (Å²) < 4.78 is 0. The first-order valence-corrected chi connectivity index (χ1v) is 5.37. The summed E-state index contributed by atoms with van der Waals surface area (Å²) in [5, 5.41) is 9.13. The number of aliphatic carboxylic acids is 1. The van der Waals surface area contributed by atoms with Gasteiger partial charge in [0.2, 0.25) is 0 Å². The normalized spacial score (nSPS) is 27.8. The fourth-order valence-electron chi connectivity index (χ4n) is 2.56. The minimum absolute atomic E-state index is 0.317. The van der Waals surface area contributed by atoms with Crippen LogP contribution in [0.25, 0.3) is 0 Å². The molecule has 0 aliphatic heterocycles. The number of carboxylic acids is 1. The van der Waals surface area contributed by atoms with E-state index in [9.17, 15) is 4.79 Å². The molecule has 2 rings (SSSR count). The fraction of sp³-hybridized carbons (Fsp3) is 0.909. The molecule has 1 N–H and O–H groups in total. The molecule has 1 atom stereocenters. The highest BCUT2D eigenvalue weighted by molar-refractivity contribution is 5.75.